The van der Waals surface area contributed by atoms with E-state index in [1.165, 1.54) is 9.87 Å². The van der Waals surface area contributed by atoms with Crippen molar-refractivity contribution in [2.75, 3.05) is 42.9 Å². The van der Waals surface area contributed by atoms with E-state index in [-0.39, 0.29) is 18.2 Å². The lowest BCUT2D eigenvalue weighted by Gasteiger charge is -2.34. The first-order valence-corrected chi connectivity index (χ1v) is 12.5. The minimum Gasteiger partial charge on any atom is -0.476 e. The molecule has 4 rings (SSSR count). The van der Waals surface area contributed by atoms with E-state index in [1.54, 1.807) is 31.2 Å². The number of amides is 1. The minimum absolute atomic E-state index is 0.0441. The minimum atomic E-state index is -3.52. The molecule has 2 aromatic rings. The molecule has 0 radical (unpaired) electrons. The van der Waals surface area contributed by atoms with E-state index in [9.17, 15) is 13.2 Å². The molecule has 32 heavy (non-hydrogen) atoms. The Morgan fingerprint density at radius 2 is 1.75 bits per heavy atom. The summed E-state index contributed by atoms with van der Waals surface area (Å²) in [5, 5.41) is 2.88. The van der Waals surface area contributed by atoms with Crippen molar-refractivity contribution in [3.63, 3.8) is 0 Å². The zero-order chi connectivity index (χ0) is 22.6. The van der Waals surface area contributed by atoms with Crippen molar-refractivity contribution in [3.8, 4) is 5.75 Å². The Morgan fingerprint density at radius 1 is 1.06 bits per heavy atom. The van der Waals surface area contributed by atoms with Gasteiger partial charge in [0.1, 0.15) is 5.75 Å². The van der Waals surface area contributed by atoms with E-state index in [2.05, 4.69) is 22.3 Å². The summed E-state index contributed by atoms with van der Waals surface area (Å²) in [7, 11) is -3.52. The molecule has 0 spiro atoms. The quantitative estimate of drug-likeness (QED) is 0.679. The van der Waals surface area contributed by atoms with E-state index in [1.807, 2.05) is 12.1 Å². The Labute approximate surface area is 189 Å². The van der Waals surface area contributed by atoms with Crippen LogP contribution in [0.2, 0.25) is 0 Å². The van der Waals surface area contributed by atoms with Gasteiger partial charge < -0.3 is 14.8 Å². The largest absolute Gasteiger partial charge is 0.476 e. The molecule has 0 bridgehead atoms. The molecule has 2 heterocycles. The Hall–Kier alpha value is -2.62. The molecule has 2 aromatic carbocycles. The summed E-state index contributed by atoms with van der Waals surface area (Å²) in [5.41, 5.74) is 2.65. The summed E-state index contributed by atoms with van der Waals surface area (Å²) in [4.78, 5) is 15.2. The number of hydrogen-bond acceptors (Lipinski definition) is 6. The molecular formula is C23H29N3O5S. The Balaban J connectivity index is 1.36. The van der Waals surface area contributed by atoms with Gasteiger partial charge in [-0.3, -0.25) is 14.0 Å². The average molecular weight is 460 g/mol. The Morgan fingerprint density at radius 3 is 2.47 bits per heavy atom. The number of anilines is 1. The first-order chi connectivity index (χ1) is 15.5. The van der Waals surface area contributed by atoms with Gasteiger partial charge in [0.2, 0.25) is 10.0 Å². The number of ether oxygens (including phenoxy) is 2. The third kappa shape index (κ3) is 5.23. The number of sulfonamides is 1. The summed E-state index contributed by atoms with van der Waals surface area (Å²) in [5.74, 6) is 0.00327. The molecule has 1 unspecified atom stereocenters. The van der Waals surface area contributed by atoms with Crippen LogP contribution in [0.4, 0.5) is 5.69 Å². The topological polar surface area (TPSA) is 88.2 Å². The summed E-state index contributed by atoms with van der Waals surface area (Å²) in [6.07, 6.45) is -0.910. The SMILES string of the molecule is CCS(=O)(=O)N1CC(C(=O)NCc2ccc(CN3CCOCC3)cc2)Oc2ccccc21. The van der Waals surface area contributed by atoms with Crippen LogP contribution < -0.4 is 14.4 Å². The highest BCUT2D eigenvalue weighted by molar-refractivity contribution is 7.92. The number of morpholine rings is 1. The maximum Gasteiger partial charge on any atom is 0.263 e. The third-order valence-corrected chi connectivity index (χ3v) is 7.47. The molecular weight excluding hydrogens is 430 g/mol. The highest BCUT2D eigenvalue weighted by Crippen LogP contribution is 2.35. The van der Waals surface area contributed by atoms with Gasteiger partial charge in [0.25, 0.3) is 5.91 Å². The number of fused-ring (bicyclic) bond motifs is 1. The molecule has 0 saturated carbocycles. The fourth-order valence-corrected chi connectivity index (χ4v) is 4.97. The van der Waals surface area contributed by atoms with E-state index in [0.717, 1.165) is 38.4 Å². The number of benzene rings is 2. The number of hydrogen-bond donors (Lipinski definition) is 1. The highest BCUT2D eigenvalue weighted by Gasteiger charge is 2.35. The Kier molecular flexibility index (Phi) is 6.98. The van der Waals surface area contributed by atoms with Crippen LogP contribution in [0.15, 0.2) is 48.5 Å². The van der Waals surface area contributed by atoms with Crippen molar-refractivity contribution in [1.29, 1.82) is 0 Å². The van der Waals surface area contributed by atoms with E-state index >= 15 is 0 Å². The number of nitrogens with one attached hydrogen (secondary N) is 1. The molecule has 2 aliphatic rings. The van der Waals surface area contributed by atoms with Crippen molar-refractivity contribution in [1.82, 2.24) is 10.2 Å². The maximum atomic E-state index is 12.8. The summed E-state index contributed by atoms with van der Waals surface area (Å²) in [6, 6.07) is 15.0. The molecule has 1 N–H and O–H groups in total. The molecule has 0 aliphatic carbocycles. The molecule has 9 heteroatoms. The van der Waals surface area contributed by atoms with Gasteiger partial charge in [-0.25, -0.2) is 8.42 Å². The first-order valence-electron chi connectivity index (χ1n) is 10.9. The van der Waals surface area contributed by atoms with Crippen molar-refractivity contribution in [2.45, 2.75) is 26.1 Å². The van der Waals surface area contributed by atoms with Gasteiger partial charge >= 0.3 is 0 Å². The van der Waals surface area contributed by atoms with Gasteiger partial charge in [0.05, 0.1) is 31.2 Å². The predicted molar refractivity (Wildman–Crippen MR) is 122 cm³/mol. The lowest BCUT2D eigenvalue weighted by Crippen LogP contribution is -2.50. The molecule has 1 saturated heterocycles. The number of carbonyl (C=O) groups is 1. The molecule has 0 aromatic heterocycles. The van der Waals surface area contributed by atoms with Crippen LogP contribution >= 0.6 is 0 Å². The maximum absolute atomic E-state index is 12.8. The second-order valence-corrected chi connectivity index (χ2v) is 10.1. The monoisotopic (exact) mass is 459 g/mol. The third-order valence-electron chi connectivity index (χ3n) is 5.73. The molecule has 2 aliphatic heterocycles. The summed E-state index contributed by atoms with van der Waals surface area (Å²) < 4.78 is 37.6. The fraction of sp³-hybridized carbons (Fsp3) is 0.435. The van der Waals surface area contributed by atoms with Crippen molar-refractivity contribution in [3.05, 3.63) is 59.7 Å². The van der Waals surface area contributed by atoms with E-state index in [4.69, 9.17) is 9.47 Å². The van der Waals surface area contributed by atoms with Crippen LogP contribution in [0, 0.1) is 0 Å². The van der Waals surface area contributed by atoms with E-state index < -0.39 is 16.1 Å². The van der Waals surface area contributed by atoms with Crippen molar-refractivity contribution >= 4 is 21.6 Å². The molecule has 1 atom stereocenters. The fourth-order valence-electron chi connectivity index (χ4n) is 3.84. The van der Waals surface area contributed by atoms with Crippen LogP contribution in [-0.2, 0) is 32.6 Å². The molecule has 1 amide bonds. The molecule has 1 fully saturated rings. The smallest absolute Gasteiger partial charge is 0.263 e. The number of nitrogens with zero attached hydrogens (tertiary/aromatic N) is 2. The van der Waals surface area contributed by atoms with Gasteiger partial charge in [-0.2, -0.15) is 0 Å². The first kappa shape index (κ1) is 22.6. The number of carbonyl (C=O) groups excluding carboxylic acids is 1. The lowest BCUT2D eigenvalue weighted by molar-refractivity contribution is -0.127. The standard InChI is InChI=1S/C23H29N3O5S/c1-2-32(28,29)26-17-22(31-21-6-4-3-5-20(21)26)23(27)24-15-18-7-9-19(10-8-18)16-25-11-13-30-14-12-25/h3-10,22H,2,11-17H2,1H3,(H,24,27). The second kappa shape index (κ2) is 9.89. The predicted octanol–water partition coefficient (Wildman–Crippen LogP) is 1.75. The normalized spacial score (nSPS) is 19.2. The summed E-state index contributed by atoms with van der Waals surface area (Å²) >= 11 is 0. The Bertz CT molecular complexity index is 1040. The number of rotatable bonds is 7. The number of para-hydroxylation sites is 2. The van der Waals surface area contributed by atoms with Gasteiger partial charge in [-0.15, -0.1) is 0 Å². The van der Waals surface area contributed by atoms with Gasteiger partial charge in [0.15, 0.2) is 6.10 Å². The van der Waals surface area contributed by atoms with Gasteiger partial charge in [0, 0.05) is 26.2 Å². The van der Waals surface area contributed by atoms with Crippen molar-refractivity contribution < 1.29 is 22.7 Å². The average Bonchev–Trinajstić information content (AvgIpc) is 2.83. The summed E-state index contributed by atoms with van der Waals surface area (Å²) in [6.45, 7) is 6.19. The highest BCUT2D eigenvalue weighted by atomic mass is 32.2. The second-order valence-electron chi connectivity index (χ2n) is 7.93. The van der Waals surface area contributed by atoms with Crippen molar-refractivity contribution in [2.24, 2.45) is 0 Å². The van der Waals surface area contributed by atoms with Gasteiger partial charge in [-0.05, 0) is 30.2 Å². The van der Waals surface area contributed by atoms with Crippen LogP contribution in [0.3, 0.4) is 0 Å². The zero-order valence-electron chi connectivity index (χ0n) is 18.2. The van der Waals surface area contributed by atoms with Crippen LogP contribution in [-0.4, -0.2) is 63.9 Å². The van der Waals surface area contributed by atoms with Gasteiger partial charge in [-0.1, -0.05) is 36.4 Å². The van der Waals surface area contributed by atoms with E-state index in [0.29, 0.717) is 18.0 Å². The van der Waals surface area contributed by atoms with Crippen LogP contribution in [0.5, 0.6) is 5.75 Å². The molecule has 8 nitrogen and oxygen atoms in total. The zero-order valence-corrected chi connectivity index (χ0v) is 19.0. The lowest BCUT2D eigenvalue weighted by atomic mass is 10.1. The van der Waals surface area contributed by atoms with Crippen LogP contribution in [0.25, 0.3) is 0 Å². The van der Waals surface area contributed by atoms with Crippen LogP contribution in [0.1, 0.15) is 18.1 Å². The molecule has 172 valence electrons.